The fourth-order valence-corrected chi connectivity index (χ4v) is 4.54. The van der Waals surface area contributed by atoms with E-state index in [1.54, 1.807) is 7.11 Å². The largest absolute Gasteiger partial charge is 0.496 e. The maximum atomic E-state index is 12.5. The number of piperazine rings is 1. The third-order valence-corrected chi connectivity index (χ3v) is 6.24. The molecule has 0 bridgehead atoms. The van der Waals surface area contributed by atoms with Crippen LogP contribution in [0.1, 0.15) is 18.4 Å². The molecule has 2 aliphatic heterocycles. The van der Waals surface area contributed by atoms with Crippen LogP contribution >= 0.6 is 11.6 Å². The van der Waals surface area contributed by atoms with E-state index in [1.807, 2.05) is 36.4 Å². The van der Waals surface area contributed by atoms with Crippen LogP contribution in [-0.2, 0) is 11.2 Å². The monoisotopic (exact) mass is 413 g/mol. The van der Waals surface area contributed by atoms with Gasteiger partial charge in [0.05, 0.1) is 7.11 Å². The average Bonchev–Trinajstić information content (AvgIpc) is 2.74. The van der Waals surface area contributed by atoms with Crippen LogP contribution in [0.25, 0.3) is 0 Å². The fourth-order valence-electron chi connectivity index (χ4n) is 4.36. The minimum atomic E-state index is 0.0200. The van der Waals surface area contributed by atoms with Crippen LogP contribution in [-0.4, -0.2) is 50.6 Å². The Bertz CT molecular complexity index is 865. The smallest absolute Gasteiger partial charge is 0.227 e. The number of hydrogen-bond donors (Lipinski definition) is 1. The van der Waals surface area contributed by atoms with Gasteiger partial charge in [0.15, 0.2) is 0 Å². The predicted molar refractivity (Wildman–Crippen MR) is 118 cm³/mol. The Hall–Kier alpha value is -2.24. The molecule has 2 aromatic carbocycles. The SMILES string of the molecule is COc1cccc2c1CC(CCCN1CCN(c3cccc(Cl)c3)CC1)C(=O)N2. The highest BCUT2D eigenvalue weighted by molar-refractivity contribution is 6.30. The number of carbonyl (C=O) groups excluding carboxylic acids is 1. The lowest BCUT2D eigenvalue weighted by Gasteiger charge is -2.36. The predicted octanol–water partition coefficient (Wildman–Crippen LogP) is 4.06. The molecular weight excluding hydrogens is 386 g/mol. The van der Waals surface area contributed by atoms with Crippen molar-refractivity contribution in [1.82, 2.24) is 4.90 Å². The van der Waals surface area contributed by atoms with Gasteiger partial charge in [0.2, 0.25) is 5.91 Å². The minimum absolute atomic E-state index is 0.0200. The van der Waals surface area contributed by atoms with Crippen LogP contribution in [0.3, 0.4) is 0 Å². The van der Waals surface area contributed by atoms with Gasteiger partial charge in [0, 0.05) is 54.1 Å². The molecule has 5 nitrogen and oxygen atoms in total. The van der Waals surface area contributed by atoms with Crippen molar-refractivity contribution >= 4 is 28.9 Å². The van der Waals surface area contributed by atoms with Crippen molar-refractivity contribution in [2.45, 2.75) is 19.3 Å². The number of ether oxygens (including phenoxy) is 1. The second kappa shape index (κ2) is 9.06. The van der Waals surface area contributed by atoms with Crippen LogP contribution in [0, 0.1) is 5.92 Å². The first kappa shape index (κ1) is 20.0. The van der Waals surface area contributed by atoms with E-state index < -0.39 is 0 Å². The van der Waals surface area contributed by atoms with Crippen LogP contribution in [0.2, 0.25) is 5.02 Å². The summed E-state index contributed by atoms with van der Waals surface area (Å²) in [5, 5.41) is 3.84. The number of amides is 1. The third kappa shape index (κ3) is 4.68. The van der Waals surface area contributed by atoms with Gasteiger partial charge in [-0.1, -0.05) is 23.7 Å². The summed E-state index contributed by atoms with van der Waals surface area (Å²) in [4.78, 5) is 17.4. The lowest BCUT2D eigenvalue weighted by Crippen LogP contribution is -2.46. The molecule has 29 heavy (non-hydrogen) atoms. The summed E-state index contributed by atoms with van der Waals surface area (Å²) in [6, 6.07) is 13.9. The molecule has 1 fully saturated rings. The first-order chi connectivity index (χ1) is 14.1. The maximum Gasteiger partial charge on any atom is 0.227 e. The molecule has 4 rings (SSSR count). The quantitative estimate of drug-likeness (QED) is 0.775. The number of nitrogens with one attached hydrogen (secondary N) is 1. The summed E-state index contributed by atoms with van der Waals surface area (Å²) in [6.45, 7) is 5.13. The van der Waals surface area contributed by atoms with Crippen molar-refractivity contribution in [3.63, 3.8) is 0 Å². The van der Waals surface area contributed by atoms with Gasteiger partial charge >= 0.3 is 0 Å². The van der Waals surface area contributed by atoms with Gasteiger partial charge in [0.25, 0.3) is 0 Å². The van der Waals surface area contributed by atoms with E-state index in [2.05, 4.69) is 21.2 Å². The first-order valence-corrected chi connectivity index (χ1v) is 10.7. The number of carbonyl (C=O) groups is 1. The van der Waals surface area contributed by atoms with Crippen LogP contribution in [0.15, 0.2) is 42.5 Å². The number of fused-ring (bicyclic) bond motifs is 1. The molecule has 1 amide bonds. The van der Waals surface area contributed by atoms with Crippen molar-refractivity contribution in [2.75, 3.05) is 50.1 Å². The molecule has 0 radical (unpaired) electrons. The second-order valence-electron chi connectivity index (χ2n) is 7.83. The number of hydrogen-bond acceptors (Lipinski definition) is 4. The topological polar surface area (TPSA) is 44.8 Å². The standard InChI is InChI=1S/C23H28ClN3O2/c1-29-22-9-3-8-21-20(22)15-17(23(28)25-21)5-4-10-26-11-13-27(14-12-26)19-7-2-6-18(24)16-19/h2-3,6-9,16-17H,4-5,10-15H2,1H3,(H,25,28). The van der Waals surface area contributed by atoms with Crippen LogP contribution < -0.4 is 15.0 Å². The van der Waals surface area contributed by atoms with E-state index in [9.17, 15) is 4.79 Å². The molecular formula is C23H28ClN3O2. The molecule has 0 aromatic heterocycles. The van der Waals surface area contributed by atoms with E-state index >= 15 is 0 Å². The summed E-state index contributed by atoms with van der Waals surface area (Å²) >= 11 is 6.12. The Labute approximate surface area is 177 Å². The highest BCUT2D eigenvalue weighted by Gasteiger charge is 2.28. The summed E-state index contributed by atoms with van der Waals surface area (Å²) in [7, 11) is 1.68. The van der Waals surface area contributed by atoms with Gasteiger partial charge in [-0.25, -0.2) is 0 Å². The molecule has 154 valence electrons. The van der Waals surface area contributed by atoms with E-state index in [0.29, 0.717) is 0 Å². The number of rotatable bonds is 6. The Morgan fingerprint density at radius 3 is 2.69 bits per heavy atom. The summed E-state index contributed by atoms with van der Waals surface area (Å²) < 4.78 is 5.48. The van der Waals surface area contributed by atoms with Crippen molar-refractivity contribution in [3.05, 3.63) is 53.1 Å². The van der Waals surface area contributed by atoms with Gasteiger partial charge in [-0.15, -0.1) is 0 Å². The molecule has 1 unspecified atom stereocenters. The van der Waals surface area contributed by atoms with E-state index in [-0.39, 0.29) is 11.8 Å². The Morgan fingerprint density at radius 2 is 1.93 bits per heavy atom. The molecule has 1 atom stereocenters. The van der Waals surface area contributed by atoms with E-state index in [1.165, 1.54) is 5.69 Å². The molecule has 1 saturated heterocycles. The normalized spacial score (nSPS) is 19.6. The molecule has 6 heteroatoms. The highest BCUT2D eigenvalue weighted by Crippen LogP contribution is 2.34. The molecule has 0 saturated carbocycles. The minimum Gasteiger partial charge on any atom is -0.496 e. The fraction of sp³-hybridized carbons (Fsp3) is 0.435. The van der Waals surface area contributed by atoms with Gasteiger partial charge in [-0.05, 0) is 56.1 Å². The zero-order valence-electron chi connectivity index (χ0n) is 16.9. The number of methoxy groups -OCH3 is 1. The van der Waals surface area contributed by atoms with Crippen LogP contribution in [0.4, 0.5) is 11.4 Å². The Kier molecular flexibility index (Phi) is 6.26. The Balaban J connectivity index is 1.25. The number of nitrogens with zero attached hydrogens (tertiary/aromatic N) is 2. The Morgan fingerprint density at radius 1 is 1.14 bits per heavy atom. The number of halogens is 1. The summed E-state index contributed by atoms with van der Waals surface area (Å²) in [5.74, 6) is 1.02. The molecule has 0 spiro atoms. The van der Waals surface area contributed by atoms with Crippen molar-refractivity contribution in [2.24, 2.45) is 5.92 Å². The molecule has 2 aromatic rings. The van der Waals surface area contributed by atoms with Gasteiger partial charge < -0.3 is 15.0 Å². The van der Waals surface area contributed by atoms with Gasteiger partial charge in [-0.2, -0.15) is 0 Å². The zero-order chi connectivity index (χ0) is 20.2. The van der Waals surface area contributed by atoms with Crippen molar-refractivity contribution in [3.8, 4) is 5.75 Å². The number of benzene rings is 2. The van der Waals surface area contributed by atoms with Crippen LogP contribution in [0.5, 0.6) is 5.75 Å². The molecule has 2 heterocycles. The average molecular weight is 414 g/mol. The maximum absolute atomic E-state index is 12.5. The lowest BCUT2D eigenvalue weighted by atomic mass is 9.89. The van der Waals surface area contributed by atoms with Crippen molar-refractivity contribution in [1.29, 1.82) is 0 Å². The summed E-state index contributed by atoms with van der Waals surface area (Å²) in [6.07, 6.45) is 2.69. The first-order valence-electron chi connectivity index (χ1n) is 10.3. The van der Waals surface area contributed by atoms with Crippen molar-refractivity contribution < 1.29 is 9.53 Å². The second-order valence-corrected chi connectivity index (χ2v) is 8.26. The van der Waals surface area contributed by atoms with E-state index in [0.717, 1.165) is 74.0 Å². The van der Waals surface area contributed by atoms with Gasteiger partial charge in [-0.3, -0.25) is 9.69 Å². The zero-order valence-corrected chi connectivity index (χ0v) is 17.6. The molecule has 2 aliphatic rings. The lowest BCUT2D eigenvalue weighted by molar-refractivity contribution is -0.120. The summed E-state index contributed by atoms with van der Waals surface area (Å²) in [5.41, 5.74) is 3.21. The van der Waals surface area contributed by atoms with Gasteiger partial charge in [0.1, 0.15) is 5.75 Å². The number of anilines is 2. The molecule has 1 N–H and O–H groups in total. The molecule has 0 aliphatic carbocycles. The third-order valence-electron chi connectivity index (χ3n) is 6.00. The highest BCUT2D eigenvalue weighted by atomic mass is 35.5. The van der Waals surface area contributed by atoms with E-state index in [4.69, 9.17) is 16.3 Å².